The largest absolute Gasteiger partial charge is 0.354 e. The molecule has 0 aromatic heterocycles. The maximum absolute atomic E-state index is 10.4. The van der Waals surface area contributed by atoms with Gasteiger partial charge in [-0.3, -0.25) is 9.79 Å². The zero-order valence-electron chi connectivity index (χ0n) is 5.46. The standard InChI is InChI=1S/C5H9N3O/c1-6-4-8-3-5(9)7-2/h3-4H,1-2H3,(H,7,9). The van der Waals surface area contributed by atoms with Crippen molar-refractivity contribution >= 4 is 18.5 Å². The van der Waals surface area contributed by atoms with Gasteiger partial charge in [0.05, 0.1) is 6.21 Å². The normalized spacial score (nSPS) is 10.9. The van der Waals surface area contributed by atoms with Gasteiger partial charge in [0.1, 0.15) is 6.34 Å². The smallest absolute Gasteiger partial charge is 0.262 e. The monoisotopic (exact) mass is 127 g/mol. The number of hydrogen-bond donors (Lipinski definition) is 1. The van der Waals surface area contributed by atoms with E-state index >= 15 is 0 Å². The molecule has 1 N–H and O–H groups in total. The summed E-state index contributed by atoms with van der Waals surface area (Å²) in [6.07, 6.45) is 2.46. The van der Waals surface area contributed by atoms with Gasteiger partial charge in [-0.15, -0.1) is 0 Å². The molecule has 1 amide bonds. The lowest BCUT2D eigenvalue weighted by Gasteiger charge is -1.84. The predicted octanol–water partition coefficient (Wildman–Crippen LogP) is -0.539. The molecule has 0 aliphatic rings. The molecule has 4 heteroatoms. The fourth-order valence-electron chi connectivity index (χ4n) is 0.232. The van der Waals surface area contributed by atoms with E-state index in [9.17, 15) is 4.79 Å². The van der Waals surface area contributed by atoms with E-state index in [1.165, 1.54) is 13.4 Å². The Morgan fingerprint density at radius 1 is 1.67 bits per heavy atom. The van der Waals surface area contributed by atoms with Crippen LogP contribution in [0.5, 0.6) is 0 Å². The molecule has 0 aromatic rings. The van der Waals surface area contributed by atoms with Gasteiger partial charge in [0.25, 0.3) is 5.91 Å². The van der Waals surface area contributed by atoms with Gasteiger partial charge < -0.3 is 5.32 Å². The van der Waals surface area contributed by atoms with E-state index in [2.05, 4.69) is 15.3 Å². The van der Waals surface area contributed by atoms with Crippen LogP contribution < -0.4 is 5.32 Å². The van der Waals surface area contributed by atoms with E-state index in [0.717, 1.165) is 6.21 Å². The highest BCUT2D eigenvalue weighted by Gasteiger charge is 1.84. The second-order valence-electron chi connectivity index (χ2n) is 1.27. The van der Waals surface area contributed by atoms with Crippen LogP contribution in [0.1, 0.15) is 0 Å². The van der Waals surface area contributed by atoms with E-state index in [1.807, 2.05) is 0 Å². The summed E-state index contributed by atoms with van der Waals surface area (Å²) < 4.78 is 0. The van der Waals surface area contributed by atoms with Gasteiger partial charge in [-0.05, 0) is 0 Å². The lowest BCUT2D eigenvalue weighted by Crippen LogP contribution is -2.18. The van der Waals surface area contributed by atoms with Crippen molar-refractivity contribution in [1.29, 1.82) is 0 Å². The van der Waals surface area contributed by atoms with Crippen LogP contribution in [0.25, 0.3) is 0 Å². The lowest BCUT2D eigenvalue weighted by molar-refractivity contribution is -0.113. The van der Waals surface area contributed by atoms with Gasteiger partial charge in [0.15, 0.2) is 0 Å². The zero-order chi connectivity index (χ0) is 7.11. The minimum absolute atomic E-state index is 0.227. The van der Waals surface area contributed by atoms with Crippen LogP contribution in [0.3, 0.4) is 0 Å². The molecule has 0 spiro atoms. The van der Waals surface area contributed by atoms with Gasteiger partial charge in [-0.1, -0.05) is 0 Å². The molecule has 4 nitrogen and oxygen atoms in total. The molecule has 0 rings (SSSR count). The van der Waals surface area contributed by atoms with Crippen molar-refractivity contribution < 1.29 is 4.79 Å². The van der Waals surface area contributed by atoms with Crippen molar-refractivity contribution in [1.82, 2.24) is 5.32 Å². The number of nitrogens with one attached hydrogen (secondary N) is 1. The minimum Gasteiger partial charge on any atom is -0.354 e. The quantitative estimate of drug-likeness (QED) is 0.393. The third kappa shape index (κ3) is 4.67. The molecule has 0 unspecified atom stereocenters. The average molecular weight is 127 g/mol. The van der Waals surface area contributed by atoms with Crippen LogP contribution >= 0.6 is 0 Å². The van der Waals surface area contributed by atoms with E-state index in [0.29, 0.717) is 0 Å². The molecular weight excluding hydrogens is 118 g/mol. The second-order valence-corrected chi connectivity index (χ2v) is 1.27. The molecule has 0 bridgehead atoms. The summed E-state index contributed by atoms with van der Waals surface area (Å²) >= 11 is 0. The van der Waals surface area contributed by atoms with Gasteiger partial charge in [-0.25, -0.2) is 4.99 Å². The van der Waals surface area contributed by atoms with Crippen LogP contribution in [-0.4, -0.2) is 32.6 Å². The Morgan fingerprint density at radius 3 is 2.78 bits per heavy atom. The topological polar surface area (TPSA) is 53.8 Å². The van der Waals surface area contributed by atoms with Crippen LogP contribution in [0, 0.1) is 0 Å². The minimum atomic E-state index is -0.227. The van der Waals surface area contributed by atoms with E-state index in [-0.39, 0.29) is 5.91 Å². The molecule has 0 atom stereocenters. The maximum atomic E-state index is 10.4. The lowest BCUT2D eigenvalue weighted by atomic mass is 10.7. The molecule has 0 radical (unpaired) electrons. The molecule has 0 heterocycles. The number of rotatable bonds is 2. The fraction of sp³-hybridized carbons (Fsp3) is 0.400. The Labute approximate surface area is 53.7 Å². The molecule has 0 aliphatic heterocycles. The summed E-state index contributed by atoms with van der Waals surface area (Å²) in [6.45, 7) is 0. The highest BCUT2D eigenvalue weighted by molar-refractivity contribution is 6.27. The average Bonchev–Trinajstić information content (AvgIpc) is 1.89. The number of carbonyl (C=O) groups excluding carboxylic acids is 1. The number of nitrogens with zero attached hydrogens (tertiary/aromatic N) is 2. The Balaban J connectivity index is 3.57. The van der Waals surface area contributed by atoms with Crippen molar-refractivity contribution in [3.63, 3.8) is 0 Å². The maximum Gasteiger partial charge on any atom is 0.262 e. The molecule has 0 saturated heterocycles. The first-order valence-electron chi connectivity index (χ1n) is 2.46. The van der Waals surface area contributed by atoms with Crippen molar-refractivity contribution in [2.75, 3.05) is 14.1 Å². The highest BCUT2D eigenvalue weighted by atomic mass is 16.1. The summed E-state index contributed by atoms with van der Waals surface area (Å²) in [6, 6.07) is 0. The first-order valence-corrected chi connectivity index (χ1v) is 2.46. The SMILES string of the molecule is CN=CN=CC(=O)NC. The number of hydrogen-bond acceptors (Lipinski definition) is 2. The summed E-state index contributed by atoms with van der Waals surface area (Å²) in [5.74, 6) is -0.227. The van der Waals surface area contributed by atoms with Gasteiger partial charge in [-0.2, -0.15) is 0 Å². The van der Waals surface area contributed by atoms with Crippen LogP contribution in [-0.2, 0) is 4.79 Å². The third-order valence-corrected chi connectivity index (χ3v) is 0.620. The molecule has 0 aromatic carbocycles. The Kier molecular flexibility index (Phi) is 4.30. The molecule has 0 saturated carbocycles. The van der Waals surface area contributed by atoms with Gasteiger partial charge in [0.2, 0.25) is 0 Å². The number of amides is 1. The summed E-state index contributed by atoms with van der Waals surface area (Å²) in [4.78, 5) is 17.4. The number of carbonyl (C=O) groups is 1. The fourth-order valence-corrected chi connectivity index (χ4v) is 0.232. The molecule has 9 heavy (non-hydrogen) atoms. The highest BCUT2D eigenvalue weighted by Crippen LogP contribution is 1.58. The number of aliphatic imine (C=N–C) groups is 2. The zero-order valence-corrected chi connectivity index (χ0v) is 5.46. The van der Waals surface area contributed by atoms with Crippen LogP contribution in [0.2, 0.25) is 0 Å². The van der Waals surface area contributed by atoms with Crippen molar-refractivity contribution in [2.24, 2.45) is 9.98 Å². The summed E-state index contributed by atoms with van der Waals surface area (Å²) in [7, 11) is 3.12. The molecular formula is C5H9N3O. The second kappa shape index (κ2) is 4.96. The third-order valence-electron chi connectivity index (χ3n) is 0.620. The van der Waals surface area contributed by atoms with E-state index in [4.69, 9.17) is 0 Å². The first-order chi connectivity index (χ1) is 4.31. The van der Waals surface area contributed by atoms with Crippen LogP contribution in [0.4, 0.5) is 0 Å². The van der Waals surface area contributed by atoms with Crippen molar-refractivity contribution in [3.8, 4) is 0 Å². The molecule has 50 valence electrons. The first kappa shape index (κ1) is 7.81. The van der Waals surface area contributed by atoms with Gasteiger partial charge >= 0.3 is 0 Å². The van der Waals surface area contributed by atoms with Gasteiger partial charge in [0, 0.05) is 14.1 Å². The Hall–Kier alpha value is -1.19. The van der Waals surface area contributed by atoms with Crippen molar-refractivity contribution in [3.05, 3.63) is 0 Å². The van der Waals surface area contributed by atoms with Crippen molar-refractivity contribution in [2.45, 2.75) is 0 Å². The predicted molar refractivity (Wildman–Crippen MR) is 37.0 cm³/mol. The Morgan fingerprint density at radius 2 is 2.33 bits per heavy atom. The van der Waals surface area contributed by atoms with E-state index < -0.39 is 0 Å². The van der Waals surface area contributed by atoms with Crippen LogP contribution in [0.15, 0.2) is 9.98 Å². The van der Waals surface area contributed by atoms with E-state index in [1.54, 1.807) is 7.05 Å². The summed E-state index contributed by atoms with van der Waals surface area (Å²) in [5, 5.41) is 2.37. The Bertz CT molecular complexity index is 139. The molecule has 0 aliphatic carbocycles. The molecule has 0 fully saturated rings. The summed E-state index contributed by atoms with van der Waals surface area (Å²) in [5.41, 5.74) is 0.